The van der Waals surface area contributed by atoms with Gasteiger partial charge in [0, 0.05) is 0 Å². The van der Waals surface area contributed by atoms with E-state index in [1.165, 1.54) is 34.5 Å². The predicted molar refractivity (Wildman–Crippen MR) is 125 cm³/mol. The average molecular weight is 578 g/mol. The van der Waals surface area contributed by atoms with Crippen LogP contribution in [0, 0.1) is 0 Å². The molecule has 0 aromatic rings. The van der Waals surface area contributed by atoms with Crippen LogP contribution in [0.3, 0.4) is 0 Å². The van der Waals surface area contributed by atoms with Crippen molar-refractivity contribution in [2.75, 3.05) is 22.4 Å². The second-order valence-corrected chi connectivity index (χ2v) is 8.31. The number of allylic oxidation sites excluding steroid dienone is 4. The van der Waals surface area contributed by atoms with Crippen LogP contribution in [0.25, 0.3) is 0 Å². The highest BCUT2D eigenvalue weighted by molar-refractivity contribution is 14.1. The molecule has 0 amide bonds. The Balaban J connectivity index is 3.40. The minimum Gasteiger partial charge on any atom is -0.352 e. The Labute approximate surface area is 182 Å². The van der Waals surface area contributed by atoms with E-state index < -0.39 is 0 Å². The van der Waals surface area contributed by atoms with Gasteiger partial charge in [-0.05, 0) is 74.1 Å². The highest BCUT2D eigenvalue weighted by Gasteiger charge is 2.03. The minimum absolute atomic E-state index is 0.222. The maximum atomic E-state index is 5.64. The molecule has 2 atom stereocenters. The van der Waals surface area contributed by atoms with E-state index in [4.69, 9.17) is 14.2 Å². The molecule has 0 radical (unpaired) electrons. The van der Waals surface area contributed by atoms with Gasteiger partial charge in [-0.25, -0.2) is 0 Å². The van der Waals surface area contributed by atoms with E-state index in [0.29, 0.717) is 13.6 Å². The average Bonchev–Trinajstić information content (AvgIpc) is 2.60. The largest absolute Gasteiger partial charge is 0.352 e. The lowest BCUT2D eigenvalue weighted by molar-refractivity contribution is -0.160. The third-order valence-corrected chi connectivity index (χ3v) is 5.22. The summed E-state index contributed by atoms with van der Waals surface area (Å²) in [5.74, 6) is 0. The second-order valence-electron chi connectivity index (χ2n) is 6.15. The van der Waals surface area contributed by atoms with Gasteiger partial charge in [-0.1, -0.05) is 69.5 Å². The fourth-order valence-electron chi connectivity index (χ4n) is 2.05. The smallest absolute Gasteiger partial charge is 0.149 e. The summed E-state index contributed by atoms with van der Waals surface area (Å²) in [5.41, 5.74) is 0. The van der Waals surface area contributed by atoms with E-state index in [0.717, 1.165) is 25.7 Å². The van der Waals surface area contributed by atoms with Crippen LogP contribution in [0.5, 0.6) is 0 Å². The van der Waals surface area contributed by atoms with Crippen molar-refractivity contribution in [2.45, 2.75) is 77.4 Å². The molecule has 0 aliphatic rings. The van der Waals surface area contributed by atoms with Crippen LogP contribution in [0.4, 0.5) is 0 Å². The summed E-state index contributed by atoms with van der Waals surface area (Å²) < 4.78 is 19.2. The van der Waals surface area contributed by atoms with E-state index in [1.54, 1.807) is 0 Å². The maximum absolute atomic E-state index is 5.64. The van der Waals surface area contributed by atoms with Gasteiger partial charge >= 0.3 is 0 Å². The lowest BCUT2D eigenvalue weighted by Crippen LogP contribution is -2.15. The zero-order valence-corrected chi connectivity index (χ0v) is 20.2. The van der Waals surface area contributed by atoms with E-state index in [-0.39, 0.29) is 12.2 Å². The van der Waals surface area contributed by atoms with Crippen molar-refractivity contribution < 1.29 is 14.2 Å². The van der Waals surface area contributed by atoms with Crippen LogP contribution in [0.2, 0.25) is 0 Å². The molecule has 0 aromatic heterocycles. The molecule has 0 aliphatic heterocycles. The van der Waals surface area contributed by atoms with Crippen molar-refractivity contribution in [3.8, 4) is 0 Å². The summed E-state index contributed by atoms with van der Waals surface area (Å²) in [6.07, 6.45) is 18.6. The van der Waals surface area contributed by atoms with Gasteiger partial charge in [-0.15, -0.1) is 0 Å². The number of halogens is 2. The van der Waals surface area contributed by atoms with Gasteiger partial charge in [0.15, 0.2) is 0 Å². The summed E-state index contributed by atoms with van der Waals surface area (Å²) in [6.45, 7) is 4.80. The first-order chi connectivity index (χ1) is 12.2. The number of hydrogen-bond donors (Lipinski definition) is 0. The molecule has 2 unspecified atom stereocenters. The molecule has 25 heavy (non-hydrogen) atoms. The summed E-state index contributed by atoms with van der Waals surface area (Å²) >= 11 is 4.83. The molecule has 0 aliphatic carbocycles. The van der Waals surface area contributed by atoms with Crippen molar-refractivity contribution in [1.29, 1.82) is 0 Å². The Hall–Kier alpha value is 0.820. The van der Waals surface area contributed by atoms with Gasteiger partial charge in [0.05, 0.1) is 12.2 Å². The molecule has 0 bridgehead atoms. The van der Waals surface area contributed by atoms with Crippen molar-refractivity contribution in [3.05, 3.63) is 24.3 Å². The Kier molecular flexibility index (Phi) is 21.8. The van der Waals surface area contributed by atoms with Crippen LogP contribution < -0.4 is 0 Å². The molecule has 0 spiro atoms. The third kappa shape index (κ3) is 21.0. The van der Waals surface area contributed by atoms with E-state index in [2.05, 4.69) is 83.3 Å². The van der Waals surface area contributed by atoms with E-state index in [9.17, 15) is 0 Å². The Bertz CT molecular complexity index is 292. The number of unbranched alkanes of at least 4 members (excludes halogenated alkanes) is 2. The van der Waals surface area contributed by atoms with E-state index in [1.807, 2.05) is 0 Å². The molecule has 0 saturated heterocycles. The zero-order valence-electron chi connectivity index (χ0n) is 15.9. The van der Waals surface area contributed by atoms with Crippen molar-refractivity contribution >= 4 is 45.2 Å². The maximum Gasteiger partial charge on any atom is 0.149 e. The van der Waals surface area contributed by atoms with Gasteiger partial charge in [0.25, 0.3) is 0 Å². The summed E-state index contributed by atoms with van der Waals surface area (Å²) in [7, 11) is 0. The summed E-state index contributed by atoms with van der Waals surface area (Å²) in [5, 5.41) is 0. The van der Waals surface area contributed by atoms with Crippen LogP contribution in [-0.2, 0) is 14.2 Å². The van der Waals surface area contributed by atoms with Crippen molar-refractivity contribution in [1.82, 2.24) is 0 Å². The molecular formula is C20H36I2O3. The van der Waals surface area contributed by atoms with Gasteiger partial charge in [-0.3, -0.25) is 0 Å². The van der Waals surface area contributed by atoms with Gasteiger partial charge in [-0.2, -0.15) is 0 Å². The second kappa shape index (κ2) is 21.1. The molecule has 3 nitrogen and oxygen atoms in total. The van der Waals surface area contributed by atoms with Crippen molar-refractivity contribution in [3.63, 3.8) is 0 Å². The fourth-order valence-corrected chi connectivity index (χ4v) is 2.93. The van der Waals surface area contributed by atoms with Crippen LogP contribution >= 0.6 is 45.2 Å². The third-order valence-electron chi connectivity index (χ3n) is 3.69. The van der Waals surface area contributed by atoms with Crippen LogP contribution in [0.15, 0.2) is 24.3 Å². The highest BCUT2D eigenvalue weighted by Crippen LogP contribution is 2.06. The first kappa shape index (κ1) is 25.8. The fraction of sp³-hybridized carbons (Fsp3) is 0.800. The zero-order chi connectivity index (χ0) is 18.6. The predicted octanol–water partition coefficient (Wildman–Crippen LogP) is 6.83. The van der Waals surface area contributed by atoms with Crippen LogP contribution in [0.1, 0.15) is 65.2 Å². The van der Waals surface area contributed by atoms with E-state index >= 15 is 0 Å². The lowest BCUT2D eigenvalue weighted by atomic mass is 10.2. The number of ether oxygens (including phenoxy) is 3. The summed E-state index contributed by atoms with van der Waals surface area (Å²) in [6, 6.07) is 0. The molecule has 0 fully saturated rings. The quantitative estimate of drug-likeness (QED) is 0.0587. The summed E-state index contributed by atoms with van der Waals surface area (Å²) in [4.78, 5) is 0. The molecular weight excluding hydrogens is 542 g/mol. The number of hydrogen-bond acceptors (Lipinski definition) is 3. The van der Waals surface area contributed by atoms with Gasteiger partial charge in [0.1, 0.15) is 13.6 Å². The Morgan fingerprint density at radius 1 is 0.680 bits per heavy atom. The Morgan fingerprint density at radius 2 is 1.08 bits per heavy atom. The standard InChI is InChI=1S/C20H36I2O3/c1-19(13-9-5-3-7-11-15-21)24-17-23-18-25-20(2)14-10-6-4-8-12-16-22/h3-6,19-20H,7-18H2,1-2H3. The van der Waals surface area contributed by atoms with Crippen molar-refractivity contribution in [2.24, 2.45) is 0 Å². The number of rotatable bonds is 18. The molecule has 0 heterocycles. The van der Waals surface area contributed by atoms with Crippen LogP contribution in [-0.4, -0.2) is 34.6 Å². The molecule has 5 heteroatoms. The topological polar surface area (TPSA) is 27.7 Å². The first-order valence-electron chi connectivity index (χ1n) is 9.43. The normalized spacial score (nSPS) is 14.6. The Morgan fingerprint density at radius 3 is 1.48 bits per heavy atom. The molecule has 0 aromatic carbocycles. The van der Waals surface area contributed by atoms with Gasteiger partial charge in [0.2, 0.25) is 0 Å². The highest BCUT2D eigenvalue weighted by atomic mass is 127. The minimum atomic E-state index is 0.222. The molecule has 0 saturated carbocycles. The lowest BCUT2D eigenvalue weighted by Gasteiger charge is -2.14. The van der Waals surface area contributed by atoms with Gasteiger partial charge < -0.3 is 14.2 Å². The first-order valence-corrected chi connectivity index (χ1v) is 12.5. The molecule has 0 rings (SSSR count). The number of alkyl halides is 2. The SMILES string of the molecule is CC(CCC=CCCCI)OCOCOC(C)CCC=CCCCI. The monoisotopic (exact) mass is 578 g/mol. The molecule has 0 N–H and O–H groups in total. The molecule has 148 valence electrons.